The zero-order valence-electron chi connectivity index (χ0n) is 17.4. The summed E-state index contributed by atoms with van der Waals surface area (Å²) >= 11 is 1.33. The van der Waals surface area contributed by atoms with E-state index in [0.717, 1.165) is 18.6 Å². The topological polar surface area (TPSA) is 105 Å². The summed E-state index contributed by atoms with van der Waals surface area (Å²) in [4.78, 5) is 28.8. The maximum Gasteiger partial charge on any atom is 0.413 e. The maximum absolute atomic E-state index is 15.1. The average Bonchev–Trinajstić information content (AvgIpc) is 2.65. The molecule has 3 rings (SSSR count). The summed E-state index contributed by atoms with van der Waals surface area (Å²) in [5.74, 6) is -0.142. The zero-order chi connectivity index (χ0) is 22.3. The third-order valence-corrected chi connectivity index (χ3v) is 6.88. The minimum atomic E-state index is -1.15. The molecule has 1 aliphatic heterocycles. The van der Waals surface area contributed by atoms with E-state index in [1.807, 2.05) is 0 Å². The number of carboxylic acid groups (broad SMARTS) is 1. The van der Waals surface area contributed by atoms with Crippen LogP contribution in [0, 0.1) is 21.8 Å². The summed E-state index contributed by atoms with van der Waals surface area (Å²) in [6, 6.07) is 3.45. The fourth-order valence-electron chi connectivity index (χ4n) is 4.30. The largest absolute Gasteiger partial charge is 0.465 e. The van der Waals surface area contributed by atoms with E-state index in [4.69, 9.17) is 9.73 Å². The van der Waals surface area contributed by atoms with Gasteiger partial charge >= 0.3 is 6.09 Å². The van der Waals surface area contributed by atoms with Gasteiger partial charge in [0, 0.05) is 42.5 Å². The number of thioether (sulfide) groups is 1. The van der Waals surface area contributed by atoms with Crippen LogP contribution in [0.5, 0.6) is 0 Å². The number of benzene rings is 1. The molecule has 3 unspecified atom stereocenters. The van der Waals surface area contributed by atoms with Crippen molar-refractivity contribution >= 4 is 28.7 Å². The number of carbonyl (C=O) groups is 1. The SMILES string of the molecule is COC1CCC2CSC(N(C(=O)O)C(C)(C)C)=NC2(c2cc([N+](=O)[O-])ccc2F)C1. The molecule has 0 saturated heterocycles. The Kier molecular flexibility index (Phi) is 6.10. The van der Waals surface area contributed by atoms with Gasteiger partial charge in [-0.1, -0.05) is 11.8 Å². The Morgan fingerprint density at radius 1 is 1.43 bits per heavy atom. The molecule has 164 valence electrons. The monoisotopic (exact) mass is 439 g/mol. The van der Waals surface area contributed by atoms with Gasteiger partial charge in [0.25, 0.3) is 5.69 Å². The van der Waals surface area contributed by atoms with E-state index in [-0.39, 0.29) is 28.4 Å². The fourth-order valence-corrected chi connectivity index (χ4v) is 5.80. The maximum atomic E-state index is 15.1. The lowest BCUT2D eigenvalue weighted by Gasteiger charge is -2.48. The van der Waals surface area contributed by atoms with Gasteiger partial charge in [-0.05, 0) is 45.6 Å². The minimum absolute atomic E-state index is 0.0928. The number of nitrogens with zero attached hydrogens (tertiary/aromatic N) is 3. The molecule has 0 spiro atoms. The molecule has 0 aromatic heterocycles. The van der Waals surface area contributed by atoms with Crippen LogP contribution >= 0.6 is 11.8 Å². The van der Waals surface area contributed by atoms with E-state index in [2.05, 4.69) is 0 Å². The van der Waals surface area contributed by atoms with E-state index >= 15 is 4.39 Å². The Balaban J connectivity index is 2.24. The highest BCUT2D eigenvalue weighted by molar-refractivity contribution is 8.13. The number of amides is 1. The second kappa shape index (κ2) is 8.14. The van der Waals surface area contributed by atoms with E-state index in [1.54, 1.807) is 27.9 Å². The van der Waals surface area contributed by atoms with Crippen molar-refractivity contribution in [2.45, 2.75) is 57.2 Å². The first kappa shape index (κ1) is 22.5. The molecule has 0 bridgehead atoms. The van der Waals surface area contributed by atoms with Crippen LogP contribution in [0.15, 0.2) is 23.2 Å². The number of nitro groups is 1. The number of nitro benzene ring substituents is 1. The van der Waals surface area contributed by atoms with Crippen LogP contribution in [0.2, 0.25) is 0 Å². The van der Waals surface area contributed by atoms with Gasteiger partial charge < -0.3 is 9.84 Å². The average molecular weight is 440 g/mol. The summed E-state index contributed by atoms with van der Waals surface area (Å²) in [6.07, 6.45) is 0.440. The summed E-state index contributed by atoms with van der Waals surface area (Å²) in [5.41, 5.74) is -1.99. The molecule has 1 aliphatic carbocycles. The van der Waals surface area contributed by atoms with Gasteiger partial charge in [-0.3, -0.25) is 15.0 Å². The van der Waals surface area contributed by atoms with Crippen molar-refractivity contribution < 1.29 is 24.0 Å². The molecule has 1 heterocycles. The highest BCUT2D eigenvalue weighted by atomic mass is 32.2. The van der Waals surface area contributed by atoms with Gasteiger partial charge in [0.05, 0.1) is 16.6 Å². The zero-order valence-corrected chi connectivity index (χ0v) is 18.2. The Hall–Kier alpha value is -2.20. The molecule has 3 atom stereocenters. The van der Waals surface area contributed by atoms with Gasteiger partial charge in [0.15, 0.2) is 5.17 Å². The van der Waals surface area contributed by atoms with Gasteiger partial charge in [0.1, 0.15) is 5.82 Å². The molecule has 0 radical (unpaired) electrons. The molecule has 1 amide bonds. The van der Waals surface area contributed by atoms with Crippen molar-refractivity contribution in [3.05, 3.63) is 39.7 Å². The van der Waals surface area contributed by atoms with Crippen LogP contribution in [-0.4, -0.2) is 50.7 Å². The van der Waals surface area contributed by atoms with Gasteiger partial charge in [-0.25, -0.2) is 14.2 Å². The van der Waals surface area contributed by atoms with Crippen LogP contribution in [-0.2, 0) is 10.3 Å². The van der Waals surface area contributed by atoms with Gasteiger partial charge in [-0.15, -0.1) is 0 Å². The highest BCUT2D eigenvalue weighted by Gasteiger charge is 2.51. The highest BCUT2D eigenvalue weighted by Crippen LogP contribution is 2.51. The number of hydrogen-bond acceptors (Lipinski definition) is 6. The molecule has 30 heavy (non-hydrogen) atoms. The number of aliphatic imine (C=N–C) groups is 1. The van der Waals surface area contributed by atoms with Crippen LogP contribution in [0.4, 0.5) is 14.9 Å². The van der Waals surface area contributed by atoms with Crippen molar-refractivity contribution in [2.75, 3.05) is 12.9 Å². The van der Waals surface area contributed by atoms with Crippen LogP contribution in [0.1, 0.15) is 45.6 Å². The molecule has 1 aromatic carbocycles. The van der Waals surface area contributed by atoms with Gasteiger partial charge in [-0.2, -0.15) is 0 Å². The predicted octanol–water partition coefficient (Wildman–Crippen LogP) is 4.63. The number of rotatable bonds is 3. The Morgan fingerprint density at radius 3 is 2.70 bits per heavy atom. The number of ether oxygens (including phenoxy) is 1. The number of halogens is 1. The van der Waals surface area contributed by atoms with Gasteiger partial charge in [0.2, 0.25) is 0 Å². The Morgan fingerprint density at radius 2 is 2.13 bits per heavy atom. The number of fused-ring (bicyclic) bond motifs is 1. The molecule has 2 aliphatic rings. The normalized spacial score (nSPS) is 26.5. The number of non-ortho nitro benzene ring substituents is 1. The fraction of sp³-hybridized carbons (Fsp3) is 0.600. The van der Waals surface area contributed by atoms with Crippen molar-refractivity contribution in [3.8, 4) is 0 Å². The summed E-state index contributed by atoms with van der Waals surface area (Å²) in [6.45, 7) is 5.28. The quantitative estimate of drug-likeness (QED) is 0.544. The predicted molar refractivity (Wildman–Crippen MR) is 112 cm³/mol. The lowest BCUT2D eigenvalue weighted by molar-refractivity contribution is -0.385. The smallest absolute Gasteiger partial charge is 0.413 e. The molecule has 1 saturated carbocycles. The third-order valence-electron chi connectivity index (χ3n) is 5.77. The minimum Gasteiger partial charge on any atom is -0.465 e. The van der Waals surface area contributed by atoms with E-state index in [1.165, 1.54) is 22.7 Å². The van der Waals surface area contributed by atoms with Crippen molar-refractivity contribution in [2.24, 2.45) is 10.9 Å². The standard InChI is InChI=1S/C20H26FN3O5S/c1-19(2,3)23(18(25)26)17-22-20(10-14(29-4)7-5-12(20)11-30-17)15-9-13(24(27)28)6-8-16(15)21/h6,8-9,12,14H,5,7,10-11H2,1-4H3,(H,25,26). The van der Waals surface area contributed by atoms with Crippen molar-refractivity contribution in [1.82, 2.24) is 4.90 Å². The van der Waals surface area contributed by atoms with Crippen molar-refractivity contribution in [3.63, 3.8) is 0 Å². The Labute approximate surface area is 178 Å². The molecule has 1 aromatic rings. The summed E-state index contributed by atoms with van der Waals surface area (Å²) in [7, 11) is 1.57. The molecule has 8 nitrogen and oxygen atoms in total. The lowest BCUT2D eigenvalue weighted by atomic mass is 9.68. The second-order valence-corrected chi connectivity index (χ2v) is 9.66. The molecular formula is C20H26FN3O5S. The van der Waals surface area contributed by atoms with E-state index in [0.29, 0.717) is 18.6 Å². The second-order valence-electron chi connectivity index (χ2n) is 8.68. The van der Waals surface area contributed by atoms with Crippen LogP contribution in [0.3, 0.4) is 0 Å². The molecule has 10 heteroatoms. The number of methoxy groups -OCH3 is 1. The van der Waals surface area contributed by atoms with E-state index < -0.39 is 27.9 Å². The summed E-state index contributed by atoms with van der Waals surface area (Å²) in [5, 5.41) is 21.4. The van der Waals surface area contributed by atoms with E-state index in [9.17, 15) is 20.0 Å². The molecular weight excluding hydrogens is 413 g/mol. The first-order valence-corrected chi connectivity index (χ1v) is 10.7. The van der Waals surface area contributed by atoms with Crippen LogP contribution in [0.25, 0.3) is 0 Å². The van der Waals surface area contributed by atoms with Crippen LogP contribution < -0.4 is 0 Å². The molecule has 1 N–H and O–H groups in total. The Bertz CT molecular complexity index is 888. The lowest BCUT2D eigenvalue weighted by Crippen LogP contribution is -2.53. The third kappa shape index (κ3) is 4.02. The summed E-state index contributed by atoms with van der Waals surface area (Å²) < 4.78 is 20.6. The number of hydrogen-bond donors (Lipinski definition) is 1. The molecule has 1 fully saturated rings. The first-order valence-electron chi connectivity index (χ1n) is 9.72. The number of amidine groups is 1. The van der Waals surface area contributed by atoms with Crippen molar-refractivity contribution in [1.29, 1.82) is 0 Å². The first-order chi connectivity index (χ1) is 14.0.